The van der Waals surface area contributed by atoms with Crippen molar-refractivity contribution in [3.8, 4) is 0 Å². The van der Waals surface area contributed by atoms with E-state index in [2.05, 4.69) is 0 Å². The van der Waals surface area contributed by atoms with Crippen LogP contribution in [0.5, 0.6) is 0 Å². The van der Waals surface area contributed by atoms with Crippen LogP contribution in [0.4, 0.5) is 0 Å². The number of rotatable bonds is 5. The van der Waals surface area contributed by atoms with Gasteiger partial charge in [-0.2, -0.15) is 0 Å². The lowest BCUT2D eigenvalue weighted by molar-refractivity contribution is -0.118. The molecule has 1 aromatic rings. The Kier molecular flexibility index (Phi) is 2.07. The van der Waals surface area contributed by atoms with Gasteiger partial charge in [-0.3, -0.25) is 4.79 Å². The van der Waals surface area contributed by atoms with E-state index < -0.39 is 25.6 Å². The van der Waals surface area contributed by atoms with E-state index in [1.165, 1.54) is 0 Å². The van der Waals surface area contributed by atoms with Gasteiger partial charge in [-0.05, 0) is 12.4 Å². The summed E-state index contributed by atoms with van der Waals surface area (Å²) in [5, 5.41) is 0. The zero-order chi connectivity index (χ0) is 13.8. The number of Topliss-reactive ketones (excluding diaryl/α,β-unsaturated/α-hetero) is 1. The highest BCUT2D eigenvalue weighted by Crippen LogP contribution is 2.00. The Hall–Kier alpha value is -1.15. The van der Waals surface area contributed by atoms with E-state index in [0.29, 0.717) is 0 Å². The Morgan fingerprint density at radius 1 is 1.54 bits per heavy atom. The van der Waals surface area contributed by atoms with E-state index in [-0.39, 0.29) is 6.61 Å². The van der Waals surface area contributed by atoms with Crippen LogP contribution in [0.3, 0.4) is 0 Å². The molecule has 2 heteroatoms. The topological polar surface area (TPSA) is 26.3 Å². The summed E-state index contributed by atoms with van der Waals surface area (Å²) in [6.45, 7) is -5.08. The van der Waals surface area contributed by atoms with Crippen molar-refractivity contribution >= 4 is 5.78 Å². The first-order chi connectivity index (χ1) is 8.21. The molecule has 0 amide bonds. The van der Waals surface area contributed by atoms with Crippen LogP contribution in [-0.2, 0) is 16.1 Å². The Balaban J connectivity index is 2.53. The molecule has 0 N–H and O–H groups in total. The lowest BCUT2D eigenvalue weighted by atomic mass is 10.2. The smallest absolute Gasteiger partial charge is 0.132 e. The maximum absolute atomic E-state index is 11.2. The number of ketones is 1. The fourth-order valence-electron chi connectivity index (χ4n) is 0.825. The van der Waals surface area contributed by atoms with Crippen LogP contribution in [0.2, 0.25) is 0 Å². The number of hydrogen-bond donors (Lipinski definition) is 0. The second-order valence-electron chi connectivity index (χ2n) is 2.52. The van der Waals surface area contributed by atoms with Crippen molar-refractivity contribution in [3.05, 3.63) is 35.9 Å². The molecule has 2 nitrogen and oxygen atoms in total. The average molecular weight is 183 g/mol. The summed E-state index contributed by atoms with van der Waals surface area (Å²) < 4.78 is 40.5. The van der Waals surface area contributed by atoms with Crippen molar-refractivity contribution in [2.75, 3.05) is 6.56 Å². The molecule has 1 rings (SSSR count). The average Bonchev–Trinajstić information content (AvgIpc) is 2.26. The molecule has 0 radical (unpaired) electrons. The molecule has 0 aliphatic rings. The summed E-state index contributed by atoms with van der Waals surface area (Å²) in [5.41, 5.74) is 0.753. The van der Waals surface area contributed by atoms with E-state index in [9.17, 15) is 4.79 Å². The summed E-state index contributed by atoms with van der Waals surface area (Å²) in [4.78, 5) is 11.2. The zero-order valence-electron chi connectivity index (χ0n) is 12.1. The van der Waals surface area contributed by atoms with Crippen molar-refractivity contribution in [2.45, 2.75) is 19.9 Å². The lowest BCUT2D eigenvalue weighted by Crippen LogP contribution is -2.00. The molecule has 0 heterocycles. The van der Waals surface area contributed by atoms with Gasteiger partial charge >= 0.3 is 0 Å². The summed E-state index contributed by atoms with van der Waals surface area (Å²) in [6, 6.07) is 8.88. The van der Waals surface area contributed by atoms with Gasteiger partial charge in [0.05, 0.1) is 15.9 Å². The summed E-state index contributed by atoms with van der Waals surface area (Å²) in [6.07, 6.45) is -0.781. The van der Waals surface area contributed by atoms with Gasteiger partial charge in [-0.25, -0.2) is 0 Å². The highest BCUT2D eigenvalue weighted by molar-refractivity contribution is 5.75. The molecule has 0 fully saturated rings. The fraction of sp³-hybridized carbons (Fsp3) is 0.364. The number of benzene rings is 1. The van der Waals surface area contributed by atoms with Gasteiger partial charge in [-0.15, -0.1) is 0 Å². The summed E-state index contributed by atoms with van der Waals surface area (Å²) >= 11 is 0. The minimum atomic E-state index is -2.79. The number of carbonyl (C=O) groups excluding carboxylic acids is 1. The standard InChI is InChI=1S/C11H14O2/c1-10(12)7-8-13-9-11-5-3-2-4-6-11/h2-6H,7-9H2,1H3/i1D3,8D2. The van der Waals surface area contributed by atoms with Gasteiger partial charge in [0.15, 0.2) is 0 Å². The second-order valence-corrected chi connectivity index (χ2v) is 2.52. The Labute approximate surface area is 85.6 Å². The van der Waals surface area contributed by atoms with Crippen LogP contribution in [0.1, 0.15) is 25.7 Å². The summed E-state index contributed by atoms with van der Waals surface area (Å²) in [5.74, 6) is -1.14. The van der Waals surface area contributed by atoms with E-state index in [0.717, 1.165) is 5.56 Å². The van der Waals surface area contributed by atoms with Crippen molar-refractivity contribution in [1.29, 1.82) is 0 Å². The molecule has 0 unspecified atom stereocenters. The Bertz CT molecular complexity index is 400. The van der Waals surface area contributed by atoms with E-state index in [1.54, 1.807) is 24.3 Å². The van der Waals surface area contributed by atoms with E-state index in [1.807, 2.05) is 6.07 Å². The molecule has 13 heavy (non-hydrogen) atoms. The first kappa shape index (κ1) is 4.91. The van der Waals surface area contributed by atoms with Crippen LogP contribution >= 0.6 is 0 Å². The lowest BCUT2D eigenvalue weighted by Gasteiger charge is -2.01. The quantitative estimate of drug-likeness (QED) is 0.699. The third kappa shape index (κ3) is 4.43. The van der Waals surface area contributed by atoms with Crippen molar-refractivity contribution in [1.82, 2.24) is 0 Å². The second kappa shape index (κ2) is 5.49. The number of hydrogen-bond acceptors (Lipinski definition) is 2. The fourth-order valence-corrected chi connectivity index (χ4v) is 0.825. The number of carbonyl (C=O) groups is 1. The molecule has 0 bridgehead atoms. The van der Waals surface area contributed by atoms with Gasteiger partial charge in [-0.1, -0.05) is 30.3 Å². The molecule has 1 aromatic carbocycles. The third-order valence-corrected chi connectivity index (χ3v) is 1.42. The molecule has 0 aliphatic carbocycles. The predicted molar refractivity (Wildman–Crippen MR) is 51.4 cm³/mol. The van der Waals surface area contributed by atoms with Crippen LogP contribution < -0.4 is 0 Å². The van der Waals surface area contributed by atoms with E-state index in [4.69, 9.17) is 11.6 Å². The highest BCUT2D eigenvalue weighted by atomic mass is 16.5. The molecule has 0 spiro atoms. The molecule has 70 valence electrons. The maximum Gasteiger partial charge on any atom is 0.132 e. The Morgan fingerprint density at radius 2 is 2.31 bits per heavy atom. The monoisotopic (exact) mass is 183 g/mol. The van der Waals surface area contributed by atoms with Gasteiger partial charge in [0.2, 0.25) is 0 Å². The predicted octanol–water partition coefficient (Wildman–Crippen LogP) is 2.18. The third-order valence-electron chi connectivity index (χ3n) is 1.42. The van der Waals surface area contributed by atoms with Crippen molar-refractivity contribution in [2.24, 2.45) is 0 Å². The minimum absolute atomic E-state index is 0.0118. The first-order valence-electron chi connectivity index (χ1n) is 6.42. The number of ether oxygens (including phenoxy) is 1. The van der Waals surface area contributed by atoms with Crippen LogP contribution in [0.15, 0.2) is 30.3 Å². The largest absolute Gasteiger partial charge is 0.376 e. The molecule has 0 saturated carbocycles. The normalized spacial score (nSPS) is 17.7. The molecule has 0 saturated heterocycles. The van der Waals surface area contributed by atoms with Gasteiger partial charge in [0.1, 0.15) is 5.78 Å². The van der Waals surface area contributed by atoms with E-state index >= 15 is 0 Å². The SMILES string of the molecule is [2H]C([2H])(CC(=O)C([2H])([2H])[2H])OCc1ccccc1. The highest BCUT2D eigenvalue weighted by Gasteiger charge is 1.94. The molecule has 0 aliphatic heterocycles. The first-order valence-corrected chi connectivity index (χ1v) is 3.92. The van der Waals surface area contributed by atoms with Gasteiger partial charge in [0.25, 0.3) is 0 Å². The van der Waals surface area contributed by atoms with Gasteiger partial charge < -0.3 is 4.74 Å². The van der Waals surface area contributed by atoms with Gasteiger partial charge in [0, 0.05) is 10.5 Å². The Morgan fingerprint density at radius 3 is 3.00 bits per heavy atom. The van der Waals surface area contributed by atoms with Crippen LogP contribution in [0.25, 0.3) is 0 Å². The van der Waals surface area contributed by atoms with Crippen LogP contribution in [-0.4, -0.2) is 12.3 Å². The summed E-state index contributed by atoms with van der Waals surface area (Å²) in [7, 11) is 0. The maximum atomic E-state index is 11.2. The van der Waals surface area contributed by atoms with Crippen molar-refractivity contribution < 1.29 is 16.4 Å². The molecule has 0 atom stereocenters. The zero-order valence-corrected chi connectivity index (χ0v) is 7.12. The minimum Gasteiger partial charge on any atom is -0.376 e. The van der Waals surface area contributed by atoms with Crippen molar-refractivity contribution in [3.63, 3.8) is 0 Å². The van der Waals surface area contributed by atoms with Crippen LogP contribution in [0, 0.1) is 0 Å². The molecular formula is C11H14O2. The molecular weight excluding hydrogens is 164 g/mol. The molecule has 0 aromatic heterocycles.